The molecular weight excluding hydrogens is 649 g/mol. The topological polar surface area (TPSA) is 142 Å². The normalized spacial score (nSPS) is 17.2. The minimum atomic E-state index is -5.56. The molecule has 0 saturated heterocycles. The summed E-state index contributed by atoms with van der Waals surface area (Å²) in [4.78, 5) is 24.1. The molecule has 0 fully saturated rings. The number of pyridine rings is 2. The van der Waals surface area contributed by atoms with E-state index in [0.29, 0.717) is 50.4 Å². The number of aromatic carboxylic acids is 1. The van der Waals surface area contributed by atoms with Gasteiger partial charge in [-0.1, -0.05) is 6.07 Å². The van der Waals surface area contributed by atoms with Crippen molar-refractivity contribution in [2.45, 2.75) is 42.2 Å². The molecule has 1 aliphatic rings. The van der Waals surface area contributed by atoms with Crippen LogP contribution in [0.2, 0.25) is 0 Å². The molecule has 0 bridgehead atoms. The number of hydrogen-bond donors (Lipinski definition) is 3. The van der Waals surface area contributed by atoms with Crippen LogP contribution in [0.3, 0.4) is 0 Å². The predicted octanol–water partition coefficient (Wildman–Crippen LogP) is 5.98. The van der Waals surface area contributed by atoms with E-state index in [2.05, 4.69) is 36.2 Å². The van der Waals surface area contributed by atoms with Gasteiger partial charge in [0.25, 0.3) is 9.84 Å². The number of sulfone groups is 1. The number of anilines is 2. The third-order valence-electron chi connectivity index (χ3n) is 6.57. The van der Waals surface area contributed by atoms with E-state index in [-0.39, 0.29) is 17.2 Å². The summed E-state index contributed by atoms with van der Waals surface area (Å²) < 4.78 is 63.0. The number of nitrogens with zero attached hydrogens (tertiary/aromatic N) is 3. The summed E-state index contributed by atoms with van der Waals surface area (Å²) in [6.07, 6.45) is 4.07. The second-order valence-electron chi connectivity index (χ2n) is 9.37. The second-order valence-corrected chi connectivity index (χ2v) is 13.1. The Morgan fingerprint density at radius 3 is 2.61 bits per heavy atom. The molecule has 1 aromatic carbocycles. The second kappa shape index (κ2) is 10.5. The van der Waals surface area contributed by atoms with Crippen LogP contribution in [0.1, 0.15) is 44.9 Å². The third-order valence-corrected chi connectivity index (χ3v) is 10.1. The Morgan fingerprint density at radius 1 is 1.15 bits per heavy atom. The molecule has 0 spiro atoms. The standard InChI is InChI=1S/C26H20BrF3N4O5S2/c1-13-9-18(33-21(10-13)34-20-11-14(6-8-31-20)41(38,39)26(28,29)30)19-12-32-24(40-19)25(37)7-2-3-15-17(25)5-4-16(22(15)27)23(35)36/h4-6,8-12,37H,2-3,7H2,1H3,(H,35,36)(H,31,33,34). The highest BCUT2D eigenvalue weighted by molar-refractivity contribution is 9.10. The first-order valence-electron chi connectivity index (χ1n) is 12.0. The molecule has 0 radical (unpaired) electrons. The number of alkyl halides is 3. The van der Waals surface area contributed by atoms with Gasteiger partial charge in [0.1, 0.15) is 22.2 Å². The maximum absolute atomic E-state index is 13.0. The highest BCUT2D eigenvalue weighted by Crippen LogP contribution is 2.46. The van der Waals surface area contributed by atoms with E-state index in [9.17, 15) is 36.6 Å². The van der Waals surface area contributed by atoms with Gasteiger partial charge in [0.2, 0.25) is 0 Å². The first-order chi connectivity index (χ1) is 19.2. The van der Waals surface area contributed by atoms with Crippen LogP contribution in [-0.2, 0) is 21.9 Å². The third kappa shape index (κ3) is 5.34. The van der Waals surface area contributed by atoms with Crippen molar-refractivity contribution >= 4 is 54.7 Å². The molecule has 3 heterocycles. The zero-order valence-electron chi connectivity index (χ0n) is 21.0. The number of thiazole rings is 1. The van der Waals surface area contributed by atoms with Gasteiger partial charge in [-0.05, 0) is 89.1 Å². The van der Waals surface area contributed by atoms with Crippen molar-refractivity contribution in [1.29, 1.82) is 0 Å². The van der Waals surface area contributed by atoms with Crippen LogP contribution in [0.5, 0.6) is 0 Å². The van der Waals surface area contributed by atoms with Gasteiger partial charge < -0.3 is 15.5 Å². The van der Waals surface area contributed by atoms with E-state index in [1.165, 1.54) is 17.4 Å². The number of benzene rings is 1. The minimum absolute atomic E-state index is 0.104. The lowest BCUT2D eigenvalue weighted by Gasteiger charge is -2.33. The summed E-state index contributed by atoms with van der Waals surface area (Å²) in [5.74, 6) is -1.02. The number of nitrogens with one attached hydrogen (secondary N) is 1. The number of fused-ring (bicyclic) bond motifs is 1. The van der Waals surface area contributed by atoms with Crippen molar-refractivity contribution in [2.24, 2.45) is 0 Å². The van der Waals surface area contributed by atoms with Crippen molar-refractivity contribution < 1.29 is 36.6 Å². The number of aliphatic hydroxyl groups is 1. The molecule has 0 amide bonds. The molecule has 9 nitrogen and oxygen atoms in total. The van der Waals surface area contributed by atoms with E-state index in [0.717, 1.165) is 23.9 Å². The average Bonchev–Trinajstić information content (AvgIpc) is 3.40. The highest BCUT2D eigenvalue weighted by Gasteiger charge is 2.47. The fraction of sp³-hybridized carbons (Fsp3) is 0.231. The van der Waals surface area contributed by atoms with Crippen molar-refractivity contribution in [1.82, 2.24) is 15.0 Å². The van der Waals surface area contributed by atoms with Crippen LogP contribution in [0.25, 0.3) is 10.6 Å². The fourth-order valence-electron chi connectivity index (χ4n) is 4.65. The molecule has 214 valence electrons. The zero-order chi connectivity index (χ0) is 29.7. The maximum Gasteiger partial charge on any atom is 0.501 e. The summed E-state index contributed by atoms with van der Waals surface area (Å²) in [6.45, 7) is 1.78. The van der Waals surface area contributed by atoms with Gasteiger partial charge in [0, 0.05) is 16.9 Å². The molecule has 1 unspecified atom stereocenters. The lowest BCUT2D eigenvalue weighted by Crippen LogP contribution is -2.32. The quantitative estimate of drug-likeness (QED) is 0.226. The molecule has 41 heavy (non-hydrogen) atoms. The summed E-state index contributed by atoms with van der Waals surface area (Å²) in [5.41, 5.74) is -4.33. The lowest BCUT2D eigenvalue weighted by molar-refractivity contribution is -0.0436. The number of carboxylic acids is 1. The summed E-state index contributed by atoms with van der Waals surface area (Å²) in [6, 6.07) is 7.96. The molecule has 1 aliphatic carbocycles. The molecule has 5 rings (SSSR count). The molecule has 15 heteroatoms. The van der Waals surface area contributed by atoms with E-state index in [1.807, 2.05) is 0 Å². The smallest absolute Gasteiger partial charge is 0.478 e. The first kappa shape index (κ1) is 29.1. The van der Waals surface area contributed by atoms with Gasteiger partial charge in [-0.15, -0.1) is 11.3 Å². The Morgan fingerprint density at radius 2 is 1.90 bits per heavy atom. The summed E-state index contributed by atoms with van der Waals surface area (Å²) in [5, 5.41) is 24.4. The summed E-state index contributed by atoms with van der Waals surface area (Å²) >= 11 is 4.58. The fourth-order valence-corrected chi connectivity index (χ4v) is 7.15. The van der Waals surface area contributed by atoms with Crippen molar-refractivity contribution in [3.05, 3.63) is 80.5 Å². The van der Waals surface area contributed by atoms with Crippen LogP contribution >= 0.6 is 27.3 Å². The predicted molar refractivity (Wildman–Crippen MR) is 148 cm³/mol. The van der Waals surface area contributed by atoms with Crippen LogP contribution in [-0.4, -0.2) is 45.1 Å². The van der Waals surface area contributed by atoms with Crippen LogP contribution in [0.4, 0.5) is 24.8 Å². The molecule has 3 N–H and O–H groups in total. The largest absolute Gasteiger partial charge is 0.501 e. The molecule has 0 saturated carbocycles. The SMILES string of the molecule is Cc1cc(Nc2cc(S(=O)(=O)C(F)(F)F)ccn2)nc(-c2cnc(C3(O)CCCc4c3ccc(C(=O)O)c4Br)s2)c1. The van der Waals surface area contributed by atoms with Gasteiger partial charge >= 0.3 is 11.5 Å². The summed E-state index contributed by atoms with van der Waals surface area (Å²) in [7, 11) is -5.56. The van der Waals surface area contributed by atoms with Crippen LogP contribution < -0.4 is 5.32 Å². The Balaban J connectivity index is 1.47. The molecule has 4 aromatic rings. The molecule has 1 atom stereocenters. The number of carboxylic acid groups (broad SMARTS) is 1. The minimum Gasteiger partial charge on any atom is -0.478 e. The number of aromatic nitrogens is 3. The van der Waals surface area contributed by atoms with E-state index in [4.69, 9.17) is 0 Å². The van der Waals surface area contributed by atoms with E-state index in [1.54, 1.807) is 31.3 Å². The Labute approximate surface area is 244 Å². The molecular formula is C26H20BrF3N4O5S2. The van der Waals surface area contributed by atoms with Crippen LogP contribution in [0, 0.1) is 6.92 Å². The Hall–Kier alpha value is -3.40. The number of hydrogen-bond acceptors (Lipinski definition) is 9. The van der Waals surface area contributed by atoms with E-state index < -0.39 is 31.8 Å². The Bertz CT molecular complexity index is 1800. The van der Waals surface area contributed by atoms with Gasteiger partial charge in [-0.25, -0.2) is 28.2 Å². The molecule has 3 aromatic heterocycles. The van der Waals surface area contributed by atoms with Gasteiger partial charge in [0.15, 0.2) is 0 Å². The van der Waals surface area contributed by atoms with Gasteiger partial charge in [-0.3, -0.25) is 0 Å². The monoisotopic (exact) mass is 668 g/mol. The Kier molecular flexibility index (Phi) is 7.42. The number of halogens is 4. The average molecular weight is 670 g/mol. The number of aryl methyl sites for hydroxylation is 1. The highest BCUT2D eigenvalue weighted by atomic mass is 79.9. The lowest BCUT2D eigenvalue weighted by atomic mass is 9.79. The van der Waals surface area contributed by atoms with Gasteiger partial charge in [0.05, 0.1) is 21.0 Å². The maximum atomic E-state index is 13.0. The number of carbonyl (C=O) groups is 1. The van der Waals surface area contributed by atoms with Gasteiger partial charge in [-0.2, -0.15) is 13.2 Å². The van der Waals surface area contributed by atoms with Crippen LogP contribution in [0.15, 0.2) is 58.2 Å². The van der Waals surface area contributed by atoms with Crippen molar-refractivity contribution in [3.63, 3.8) is 0 Å². The first-order valence-corrected chi connectivity index (χ1v) is 15.1. The number of rotatable bonds is 6. The van der Waals surface area contributed by atoms with Crippen molar-refractivity contribution in [2.75, 3.05) is 5.32 Å². The van der Waals surface area contributed by atoms with E-state index >= 15 is 0 Å². The zero-order valence-corrected chi connectivity index (χ0v) is 24.2. The van der Waals surface area contributed by atoms with Crippen molar-refractivity contribution in [3.8, 4) is 10.6 Å². The molecule has 0 aliphatic heterocycles.